The molecule has 1 aliphatic rings. The van der Waals surface area contributed by atoms with E-state index in [9.17, 15) is 0 Å². The molecule has 1 unspecified atom stereocenters. The maximum atomic E-state index is 6.04. The first-order valence-electron chi connectivity index (χ1n) is 7.11. The summed E-state index contributed by atoms with van der Waals surface area (Å²) in [6.45, 7) is 7.06. The molecule has 100 valence electrons. The topological polar surface area (TPSA) is 3.24 Å². The van der Waals surface area contributed by atoms with Gasteiger partial charge in [0.15, 0.2) is 0 Å². The summed E-state index contributed by atoms with van der Waals surface area (Å²) in [5.41, 5.74) is 2.61. The SMILES string of the molecule is CC(C)C1CCCN(c2ccccc2CCl)CC1. The predicted molar refractivity (Wildman–Crippen MR) is 80.4 cm³/mol. The Kier molecular flexibility index (Phi) is 4.94. The van der Waals surface area contributed by atoms with Crippen molar-refractivity contribution in [1.29, 1.82) is 0 Å². The molecule has 1 heterocycles. The number of hydrogen-bond acceptors (Lipinski definition) is 1. The molecule has 0 N–H and O–H groups in total. The standard InChI is InChI=1S/C16H24ClN/c1-13(2)14-7-5-10-18(11-9-14)16-8-4-3-6-15(16)12-17/h3-4,6,8,13-14H,5,7,9-12H2,1-2H3. The predicted octanol–water partition coefficient (Wildman–Crippen LogP) is 4.69. The molecule has 0 saturated carbocycles. The van der Waals surface area contributed by atoms with Crippen LogP contribution >= 0.6 is 11.6 Å². The third-order valence-corrected chi connectivity index (χ3v) is 4.48. The van der Waals surface area contributed by atoms with Gasteiger partial charge in [0.05, 0.1) is 0 Å². The minimum atomic E-state index is 0.611. The molecule has 1 aromatic rings. The highest BCUT2D eigenvalue weighted by atomic mass is 35.5. The van der Waals surface area contributed by atoms with Crippen LogP contribution in [0.4, 0.5) is 5.69 Å². The Hall–Kier alpha value is -0.690. The van der Waals surface area contributed by atoms with E-state index in [0.717, 1.165) is 11.8 Å². The Bertz CT molecular complexity index is 375. The van der Waals surface area contributed by atoms with Crippen molar-refractivity contribution in [2.45, 2.75) is 39.0 Å². The van der Waals surface area contributed by atoms with Crippen LogP contribution in [0.2, 0.25) is 0 Å². The number of para-hydroxylation sites is 1. The molecule has 1 aliphatic heterocycles. The van der Waals surface area contributed by atoms with Crippen molar-refractivity contribution >= 4 is 17.3 Å². The number of benzene rings is 1. The number of halogens is 1. The average molecular weight is 266 g/mol. The molecule has 2 rings (SSSR count). The molecule has 1 nitrogen and oxygen atoms in total. The monoisotopic (exact) mass is 265 g/mol. The summed E-state index contributed by atoms with van der Waals surface area (Å²) < 4.78 is 0. The van der Waals surface area contributed by atoms with Crippen LogP contribution in [0.25, 0.3) is 0 Å². The molecule has 0 aromatic heterocycles. The van der Waals surface area contributed by atoms with Gasteiger partial charge in [-0.2, -0.15) is 0 Å². The fourth-order valence-electron chi connectivity index (χ4n) is 2.96. The van der Waals surface area contributed by atoms with Crippen molar-refractivity contribution < 1.29 is 0 Å². The third kappa shape index (κ3) is 3.20. The summed E-state index contributed by atoms with van der Waals surface area (Å²) in [6, 6.07) is 8.56. The molecule has 1 aromatic carbocycles. The zero-order chi connectivity index (χ0) is 13.0. The van der Waals surface area contributed by atoms with Gasteiger partial charge < -0.3 is 4.90 Å². The molecular formula is C16H24ClN. The van der Waals surface area contributed by atoms with Gasteiger partial charge in [-0.3, -0.25) is 0 Å². The summed E-state index contributed by atoms with van der Waals surface area (Å²) in [6.07, 6.45) is 3.99. The van der Waals surface area contributed by atoms with E-state index in [2.05, 4.69) is 43.0 Å². The quantitative estimate of drug-likeness (QED) is 0.717. The zero-order valence-corrected chi connectivity index (χ0v) is 12.3. The fourth-order valence-corrected chi connectivity index (χ4v) is 3.19. The van der Waals surface area contributed by atoms with Crippen molar-refractivity contribution in [2.75, 3.05) is 18.0 Å². The van der Waals surface area contributed by atoms with Crippen LogP contribution in [0.1, 0.15) is 38.7 Å². The molecule has 1 saturated heterocycles. The van der Waals surface area contributed by atoms with E-state index in [-0.39, 0.29) is 0 Å². The minimum absolute atomic E-state index is 0.611. The zero-order valence-electron chi connectivity index (χ0n) is 11.5. The summed E-state index contributed by atoms with van der Waals surface area (Å²) in [7, 11) is 0. The Morgan fingerprint density at radius 1 is 1.22 bits per heavy atom. The van der Waals surface area contributed by atoms with Gasteiger partial charge >= 0.3 is 0 Å². The molecular weight excluding hydrogens is 242 g/mol. The van der Waals surface area contributed by atoms with Gasteiger partial charge in [-0.15, -0.1) is 11.6 Å². The van der Waals surface area contributed by atoms with Crippen LogP contribution < -0.4 is 4.90 Å². The van der Waals surface area contributed by atoms with E-state index in [4.69, 9.17) is 11.6 Å². The summed E-state index contributed by atoms with van der Waals surface area (Å²) in [4.78, 5) is 2.53. The molecule has 1 fully saturated rings. The Labute approximate surface area is 116 Å². The van der Waals surface area contributed by atoms with Crippen molar-refractivity contribution in [3.8, 4) is 0 Å². The summed E-state index contributed by atoms with van der Waals surface area (Å²) >= 11 is 6.04. The van der Waals surface area contributed by atoms with Crippen molar-refractivity contribution in [3.05, 3.63) is 29.8 Å². The van der Waals surface area contributed by atoms with Gasteiger partial charge in [0.25, 0.3) is 0 Å². The molecule has 1 atom stereocenters. The lowest BCUT2D eigenvalue weighted by Gasteiger charge is -2.25. The summed E-state index contributed by atoms with van der Waals surface area (Å²) in [5.74, 6) is 2.31. The van der Waals surface area contributed by atoms with Gasteiger partial charge in [-0.1, -0.05) is 32.0 Å². The van der Waals surface area contributed by atoms with Gasteiger partial charge in [-0.05, 0) is 42.7 Å². The lowest BCUT2D eigenvalue weighted by molar-refractivity contribution is 0.351. The highest BCUT2D eigenvalue weighted by Crippen LogP contribution is 2.29. The first kappa shape index (κ1) is 13.7. The Morgan fingerprint density at radius 3 is 2.72 bits per heavy atom. The van der Waals surface area contributed by atoms with Crippen LogP contribution in [0.15, 0.2) is 24.3 Å². The van der Waals surface area contributed by atoms with Crippen LogP contribution in [0.5, 0.6) is 0 Å². The maximum Gasteiger partial charge on any atom is 0.0494 e. The molecule has 0 bridgehead atoms. The number of rotatable bonds is 3. The Balaban J connectivity index is 2.10. The van der Waals surface area contributed by atoms with E-state index in [1.165, 1.54) is 43.6 Å². The number of alkyl halides is 1. The fraction of sp³-hybridized carbons (Fsp3) is 0.625. The molecule has 0 aliphatic carbocycles. The van der Waals surface area contributed by atoms with E-state index in [0.29, 0.717) is 5.88 Å². The van der Waals surface area contributed by atoms with Gasteiger partial charge in [0.1, 0.15) is 0 Å². The van der Waals surface area contributed by atoms with Gasteiger partial charge in [0.2, 0.25) is 0 Å². The molecule has 18 heavy (non-hydrogen) atoms. The van der Waals surface area contributed by atoms with Gasteiger partial charge in [0, 0.05) is 24.7 Å². The summed E-state index contributed by atoms with van der Waals surface area (Å²) in [5, 5.41) is 0. The van der Waals surface area contributed by atoms with Crippen molar-refractivity contribution in [2.24, 2.45) is 11.8 Å². The number of hydrogen-bond donors (Lipinski definition) is 0. The van der Waals surface area contributed by atoms with E-state index >= 15 is 0 Å². The third-order valence-electron chi connectivity index (χ3n) is 4.19. The average Bonchev–Trinajstić information content (AvgIpc) is 2.64. The van der Waals surface area contributed by atoms with E-state index in [1.54, 1.807) is 0 Å². The van der Waals surface area contributed by atoms with Gasteiger partial charge in [-0.25, -0.2) is 0 Å². The minimum Gasteiger partial charge on any atom is -0.371 e. The van der Waals surface area contributed by atoms with Crippen LogP contribution in [0.3, 0.4) is 0 Å². The molecule has 0 amide bonds. The normalized spacial score (nSPS) is 21.1. The second-order valence-electron chi connectivity index (χ2n) is 5.68. The second-order valence-corrected chi connectivity index (χ2v) is 5.95. The number of nitrogens with zero attached hydrogens (tertiary/aromatic N) is 1. The highest BCUT2D eigenvalue weighted by molar-refractivity contribution is 6.17. The number of anilines is 1. The maximum absolute atomic E-state index is 6.04. The van der Waals surface area contributed by atoms with Crippen molar-refractivity contribution in [1.82, 2.24) is 0 Å². The highest BCUT2D eigenvalue weighted by Gasteiger charge is 2.20. The lowest BCUT2D eigenvalue weighted by atomic mass is 9.89. The van der Waals surface area contributed by atoms with Crippen LogP contribution in [0, 0.1) is 11.8 Å². The first-order valence-corrected chi connectivity index (χ1v) is 7.64. The molecule has 0 radical (unpaired) electrons. The van der Waals surface area contributed by atoms with Crippen LogP contribution in [-0.2, 0) is 5.88 Å². The van der Waals surface area contributed by atoms with E-state index < -0.39 is 0 Å². The van der Waals surface area contributed by atoms with E-state index in [1.807, 2.05) is 0 Å². The molecule has 0 spiro atoms. The van der Waals surface area contributed by atoms with Crippen molar-refractivity contribution in [3.63, 3.8) is 0 Å². The lowest BCUT2D eigenvalue weighted by Crippen LogP contribution is -2.25. The molecule has 2 heteroatoms. The smallest absolute Gasteiger partial charge is 0.0494 e. The second kappa shape index (κ2) is 6.47. The first-order chi connectivity index (χ1) is 8.72. The van der Waals surface area contributed by atoms with Crippen LogP contribution in [-0.4, -0.2) is 13.1 Å². The Morgan fingerprint density at radius 2 is 2.00 bits per heavy atom. The largest absolute Gasteiger partial charge is 0.371 e.